The van der Waals surface area contributed by atoms with E-state index in [0.717, 1.165) is 18.5 Å². The summed E-state index contributed by atoms with van der Waals surface area (Å²) in [5, 5.41) is 1.19. The van der Waals surface area contributed by atoms with Gasteiger partial charge in [0.05, 0.1) is 11.2 Å². The van der Waals surface area contributed by atoms with Gasteiger partial charge in [0.2, 0.25) is 0 Å². The second-order valence-corrected chi connectivity index (χ2v) is 6.51. The van der Waals surface area contributed by atoms with Crippen LogP contribution in [0, 0.1) is 0 Å². The summed E-state index contributed by atoms with van der Waals surface area (Å²) >= 11 is 0. The van der Waals surface area contributed by atoms with Gasteiger partial charge in [-0.15, -0.1) is 0 Å². The summed E-state index contributed by atoms with van der Waals surface area (Å²) in [5.74, 6) is 0. The van der Waals surface area contributed by atoms with Gasteiger partial charge >= 0.3 is 0 Å². The highest BCUT2D eigenvalue weighted by Gasteiger charge is 2.18. The van der Waals surface area contributed by atoms with E-state index in [2.05, 4.69) is 82.9 Å². The van der Waals surface area contributed by atoms with E-state index in [9.17, 15) is 0 Å². The Balaban J connectivity index is 1.57. The molecular weight excluding hydrogens is 304 g/mol. The van der Waals surface area contributed by atoms with Crippen LogP contribution in [0.4, 0.5) is 5.69 Å². The first kappa shape index (κ1) is 14.2. The van der Waals surface area contributed by atoms with Gasteiger partial charge in [0.25, 0.3) is 0 Å². The number of rotatable bonds is 2. The van der Waals surface area contributed by atoms with Gasteiger partial charge in [0, 0.05) is 24.3 Å². The minimum absolute atomic E-state index is 0.967. The van der Waals surface area contributed by atoms with E-state index in [1.807, 2.05) is 12.3 Å². The predicted octanol–water partition coefficient (Wildman–Crippen LogP) is 5.31. The molecule has 0 bridgehead atoms. The van der Waals surface area contributed by atoms with E-state index in [-0.39, 0.29) is 0 Å². The smallest absolute Gasteiger partial charge is 0.0707 e. The fourth-order valence-corrected chi connectivity index (χ4v) is 3.75. The van der Waals surface area contributed by atoms with Crippen molar-refractivity contribution in [1.29, 1.82) is 0 Å². The highest BCUT2D eigenvalue weighted by atomic mass is 15.1. The van der Waals surface area contributed by atoms with E-state index in [4.69, 9.17) is 0 Å². The second kappa shape index (κ2) is 5.75. The zero-order chi connectivity index (χ0) is 16.6. The highest BCUT2D eigenvalue weighted by molar-refractivity contribution is 5.91. The summed E-state index contributed by atoms with van der Waals surface area (Å²) in [7, 11) is 0. The number of nitrogens with zero attached hydrogens (tertiary/aromatic N) is 2. The summed E-state index contributed by atoms with van der Waals surface area (Å²) in [6, 6.07) is 14.9. The van der Waals surface area contributed by atoms with Crippen molar-refractivity contribution in [3.63, 3.8) is 0 Å². The number of hydrogen-bond acceptors (Lipinski definition) is 2. The van der Waals surface area contributed by atoms with E-state index >= 15 is 0 Å². The Bertz CT molecular complexity index is 1050. The molecule has 2 aliphatic rings. The number of pyridine rings is 1. The summed E-state index contributed by atoms with van der Waals surface area (Å²) in [4.78, 5) is 6.77. The van der Waals surface area contributed by atoms with Crippen LogP contribution in [0.1, 0.15) is 22.3 Å². The summed E-state index contributed by atoms with van der Waals surface area (Å²) in [6.45, 7) is 0.967. The number of fused-ring (bicyclic) bond motifs is 1. The van der Waals surface area contributed by atoms with Crippen molar-refractivity contribution in [3.05, 3.63) is 89.3 Å². The quantitative estimate of drug-likeness (QED) is 0.636. The predicted molar refractivity (Wildman–Crippen MR) is 106 cm³/mol. The summed E-state index contributed by atoms with van der Waals surface area (Å²) in [6.07, 6.45) is 16.2. The molecule has 120 valence electrons. The van der Waals surface area contributed by atoms with Gasteiger partial charge in [-0.2, -0.15) is 0 Å². The molecule has 25 heavy (non-hydrogen) atoms. The average Bonchev–Trinajstić information content (AvgIpc) is 2.67. The van der Waals surface area contributed by atoms with Crippen LogP contribution < -0.4 is 4.90 Å². The Labute approximate surface area is 147 Å². The minimum atomic E-state index is 0.967. The molecule has 0 saturated carbocycles. The molecule has 0 amide bonds. The SMILES string of the molecule is C1=CN2CC=Cc3cc(/C=C/c4ccnc5ccccc45)cc(c32)C1. The van der Waals surface area contributed by atoms with Gasteiger partial charge in [-0.3, -0.25) is 4.98 Å². The number of aromatic nitrogens is 1. The minimum Gasteiger partial charge on any atom is -0.344 e. The van der Waals surface area contributed by atoms with Crippen molar-refractivity contribution in [3.8, 4) is 0 Å². The van der Waals surface area contributed by atoms with Crippen LogP contribution >= 0.6 is 0 Å². The molecular formula is C23H18N2. The van der Waals surface area contributed by atoms with Crippen LogP contribution in [-0.4, -0.2) is 11.5 Å². The number of allylic oxidation sites excluding steroid dienone is 1. The molecule has 0 aliphatic carbocycles. The zero-order valence-corrected chi connectivity index (χ0v) is 13.9. The summed E-state index contributed by atoms with van der Waals surface area (Å²) < 4.78 is 0. The van der Waals surface area contributed by atoms with Crippen molar-refractivity contribution in [2.45, 2.75) is 6.42 Å². The Morgan fingerprint density at radius 3 is 2.96 bits per heavy atom. The number of benzene rings is 2. The Morgan fingerprint density at radius 1 is 1.00 bits per heavy atom. The molecule has 2 nitrogen and oxygen atoms in total. The molecule has 2 aromatic carbocycles. The first-order chi connectivity index (χ1) is 12.4. The third-order valence-corrected chi connectivity index (χ3v) is 4.89. The second-order valence-electron chi connectivity index (χ2n) is 6.51. The molecule has 3 heterocycles. The molecule has 0 spiro atoms. The fraction of sp³-hybridized carbons (Fsp3) is 0.0870. The van der Waals surface area contributed by atoms with Crippen LogP contribution in [0.2, 0.25) is 0 Å². The molecule has 1 aromatic heterocycles. The summed E-state index contributed by atoms with van der Waals surface area (Å²) in [5.41, 5.74) is 7.58. The standard InChI is InChI=1S/C23H18N2/c1-2-8-22-21(7-1)18(11-12-24-22)10-9-17-15-19-5-3-13-25-14-4-6-20(16-17)23(19)25/h1-5,7-12,14-16H,6,13H2/b10-9+. The number of hydrogen-bond donors (Lipinski definition) is 0. The van der Waals surface area contributed by atoms with Crippen molar-refractivity contribution in [2.75, 3.05) is 11.4 Å². The molecule has 0 atom stereocenters. The van der Waals surface area contributed by atoms with Crippen molar-refractivity contribution >= 4 is 34.8 Å². The monoisotopic (exact) mass is 322 g/mol. The molecule has 0 saturated heterocycles. The van der Waals surface area contributed by atoms with E-state index in [0.29, 0.717) is 0 Å². The van der Waals surface area contributed by atoms with Crippen LogP contribution in [0.25, 0.3) is 29.1 Å². The molecule has 0 fully saturated rings. The van der Waals surface area contributed by atoms with Crippen LogP contribution in [0.15, 0.2) is 67.0 Å². The van der Waals surface area contributed by atoms with Gasteiger partial charge in [0.1, 0.15) is 0 Å². The number of anilines is 1. The van der Waals surface area contributed by atoms with Crippen molar-refractivity contribution in [2.24, 2.45) is 0 Å². The van der Waals surface area contributed by atoms with E-state index in [1.54, 1.807) is 0 Å². The topological polar surface area (TPSA) is 16.1 Å². The molecule has 2 aliphatic heterocycles. The Hall–Kier alpha value is -3.13. The molecule has 2 heteroatoms. The largest absolute Gasteiger partial charge is 0.344 e. The molecule has 0 unspecified atom stereocenters. The first-order valence-electron chi connectivity index (χ1n) is 8.67. The first-order valence-corrected chi connectivity index (χ1v) is 8.67. The third-order valence-electron chi connectivity index (χ3n) is 4.89. The van der Waals surface area contributed by atoms with Gasteiger partial charge in [-0.1, -0.05) is 48.6 Å². The lowest BCUT2D eigenvalue weighted by Crippen LogP contribution is -2.23. The van der Waals surface area contributed by atoms with Crippen molar-refractivity contribution in [1.82, 2.24) is 4.98 Å². The van der Waals surface area contributed by atoms with Crippen LogP contribution in [0.3, 0.4) is 0 Å². The number of para-hydroxylation sites is 1. The maximum Gasteiger partial charge on any atom is 0.0707 e. The normalized spacial score (nSPS) is 15.1. The average molecular weight is 322 g/mol. The van der Waals surface area contributed by atoms with Crippen LogP contribution in [-0.2, 0) is 6.42 Å². The van der Waals surface area contributed by atoms with Gasteiger partial charge in [0.15, 0.2) is 0 Å². The lowest BCUT2D eigenvalue weighted by atomic mass is 9.94. The van der Waals surface area contributed by atoms with Gasteiger partial charge in [-0.25, -0.2) is 0 Å². The highest BCUT2D eigenvalue weighted by Crippen LogP contribution is 2.35. The van der Waals surface area contributed by atoms with Gasteiger partial charge in [-0.05, 0) is 52.9 Å². The zero-order valence-electron chi connectivity index (χ0n) is 13.9. The Morgan fingerprint density at radius 2 is 1.96 bits per heavy atom. The maximum absolute atomic E-state index is 4.44. The molecule has 3 aromatic rings. The lowest BCUT2D eigenvalue weighted by molar-refractivity contribution is 1.01. The maximum atomic E-state index is 4.44. The molecule has 0 radical (unpaired) electrons. The molecule has 0 N–H and O–H groups in total. The third kappa shape index (κ3) is 2.47. The molecule has 5 rings (SSSR count). The Kier molecular flexibility index (Phi) is 3.27. The van der Waals surface area contributed by atoms with E-state index < -0.39 is 0 Å². The van der Waals surface area contributed by atoms with E-state index in [1.165, 1.54) is 33.3 Å². The van der Waals surface area contributed by atoms with Crippen molar-refractivity contribution < 1.29 is 0 Å². The lowest BCUT2D eigenvalue weighted by Gasteiger charge is -2.30. The fourth-order valence-electron chi connectivity index (χ4n) is 3.75. The van der Waals surface area contributed by atoms with Crippen LogP contribution in [0.5, 0.6) is 0 Å². The van der Waals surface area contributed by atoms with Gasteiger partial charge < -0.3 is 4.90 Å².